The van der Waals surface area contributed by atoms with Gasteiger partial charge in [-0.2, -0.15) is 0 Å². The number of phenolic OH excluding ortho intramolecular Hbond substituents is 1. The van der Waals surface area contributed by atoms with E-state index in [2.05, 4.69) is 31.9 Å². The van der Waals surface area contributed by atoms with E-state index in [0.717, 1.165) is 8.95 Å². The molecule has 3 rings (SSSR count). The molecule has 0 aliphatic heterocycles. The van der Waals surface area contributed by atoms with Gasteiger partial charge in [0.1, 0.15) is 11.5 Å². The van der Waals surface area contributed by atoms with Crippen LogP contribution in [0.25, 0.3) is 12.2 Å². The molecule has 0 atom stereocenters. The minimum atomic E-state index is -0.203. The molecule has 3 aromatic carbocycles. The van der Waals surface area contributed by atoms with Crippen LogP contribution in [0.5, 0.6) is 11.5 Å². The number of allylic oxidation sites excluding steroid dienone is 2. The summed E-state index contributed by atoms with van der Waals surface area (Å²) in [5, 5.41) is 10.7. The maximum Gasteiger partial charge on any atom is 0.185 e. The smallest absolute Gasteiger partial charge is 0.185 e. The number of phenols is 1. The summed E-state index contributed by atoms with van der Waals surface area (Å²) in [6.07, 6.45) is 5.82. The zero-order valence-corrected chi connectivity index (χ0v) is 19.7. The van der Waals surface area contributed by atoms with Crippen LogP contribution in [0.4, 0.5) is 0 Å². The van der Waals surface area contributed by atoms with Crippen LogP contribution in [0, 0.1) is 0 Å². The Morgan fingerprint density at radius 1 is 0.806 bits per heavy atom. The molecule has 0 radical (unpaired) electrons. The molecule has 3 aromatic rings. The average molecular weight is 542 g/mol. The summed E-state index contributed by atoms with van der Waals surface area (Å²) in [6, 6.07) is 17.3. The summed E-state index contributed by atoms with van der Waals surface area (Å²) in [5.41, 5.74) is 1.84. The number of halogens is 2. The van der Waals surface area contributed by atoms with E-state index >= 15 is 0 Å². The summed E-state index contributed by atoms with van der Waals surface area (Å²) in [4.78, 5) is 24.9. The topological polar surface area (TPSA) is 63.6 Å². The maximum absolute atomic E-state index is 12.4. The Bertz CT molecular complexity index is 1110. The third-order valence-electron chi connectivity index (χ3n) is 4.42. The lowest BCUT2D eigenvalue weighted by Crippen LogP contribution is -1.95. The van der Waals surface area contributed by atoms with E-state index in [4.69, 9.17) is 4.74 Å². The van der Waals surface area contributed by atoms with Gasteiger partial charge in [0.2, 0.25) is 0 Å². The van der Waals surface area contributed by atoms with Crippen molar-refractivity contribution in [2.45, 2.75) is 0 Å². The SMILES string of the molecule is COc1cc(/C=C/C(=O)c2cccc(Br)c2)c(O)c(/C=C/C(=O)c2cccc(Br)c2)c1. The number of carbonyl (C=O) groups excluding carboxylic acids is 2. The molecule has 0 spiro atoms. The Labute approximate surface area is 197 Å². The maximum atomic E-state index is 12.4. The molecule has 0 amide bonds. The molecule has 6 heteroatoms. The van der Waals surface area contributed by atoms with Gasteiger partial charge < -0.3 is 9.84 Å². The van der Waals surface area contributed by atoms with Crippen molar-refractivity contribution < 1.29 is 19.4 Å². The molecular formula is C25H18Br2O4. The van der Waals surface area contributed by atoms with E-state index in [1.54, 1.807) is 48.5 Å². The Balaban J connectivity index is 1.88. The summed E-state index contributed by atoms with van der Waals surface area (Å²) in [6.45, 7) is 0. The van der Waals surface area contributed by atoms with E-state index in [1.165, 1.54) is 31.4 Å². The van der Waals surface area contributed by atoms with Crippen molar-refractivity contribution in [3.63, 3.8) is 0 Å². The number of ether oxygens (including phenoxy) is 1. The summed E-state index contributed by atoms with van der Waals surface area (Å²) >= 11 is 6.69. The van der Waals surface area contributed by atoms with Gasteiger partial charge in [0.25, 0.3) is 0 Å². The van der Waals surface area contributed by atoms with Crippen molar-refractivity contribution in [2.24, 2.45) is 0 Å². The highest BCUT2D eigenvalue weighted by Crippen LogP contribution is 2.31. The first kappa shape index (κ1) is 22.7. The summed E-state index contributed by atoms with van der Waals surface area (Å²) in [7, 11) is 1.51. The van der Waals surface area contributed by atoms with Crippen LogP contribution in [0.2, 0.25) is 0 Å². The first-order valence-corrected chi connectivity index (χ1v) is 10.8. The minimum Gasteiger partial charge on any atom is -0.507 e. The van der Waals surface area contributed by atoms with Crippen LogP contribution in [-0.2, 0) is 0 Å². The summed E-state index contributed by atoms with van der Waals surface area (Å²) < 4.78 is 6.91. The van der Waals surface area contributed by atoms with Gasteiger partial charge in [-0.05, 0) is 60.7 Å². The highest BCUT2D eigenvalue weighted by atomic mass is 79.9. The second-order valence-electron chi connectivity index (χ2n) is 6.57. The van der Waals surface area contributed by atoms with Crippen molar-refractivity contribution in [3.8, 4) is 11.5 Å². The highest BCUT2D eigenvalue weighted by molar-refractivity contribution is 9.10. The molecule has 0 unspecified atom stereocenters. The minimum absolute atomic E-state index is 0.0580. The molecule has 4 nitrogen and oxygen atoms in total. The first-order chi connectivity index (χ1) is 14.9. The van der Waals surface area contributed by atoms with Crippen LogP contribution >= 0.6 is 31.9 Å². The van der Waals surface area contributed by atoms with Gasteiger partial charge in [-0.3, -0.25) is 9.59 Å². The third kappa shape index (κ3) is 6.03. The van der Waals surface area contributed by atoms with Crippen molar-refractivity contribution in [3.05, 3.63) is 104 Å². The van der Waals surface area contributed by atoms with Gasteiger partial charge >= 0.3 is 0 Å². The van der Waals surface area contributed by atoms with Crippen LogP contribution in [0.15, 0.2) is 81.8 Å². The lowest BCUT2D eigenvalue weighted by atomic mass is 10.0. The van der Waals surface area contributed by atoms with E-state index < -0.39 is 0 Å². The molecule has 0 aliphatic rings. The Kier molecular flexibility index (Phi) is 7.60. The van der Waals surface area contributed by atoms with Crippen LogP contribution in [0.1, 0.15) is 31.8 Å². The van der Waals surface area contributed by atoms with Gasteiger partial charge in [0, 0.05) is 31.2 Å². The number of hydrogen-bond acceptors (Lipinski definition) is 4. The number of carbonyl (C=O) groups is 2. The van der Waals surface area contributed by atoms with Gasteiger partial charge in [-0.1, -0.05) is 56.1 Å². The molecule has 156 valence electrons. The fourth-order valence-electron chi connectivity index (χ4n) is 2.83. The number of methoxy groups -OCH3 is 1. The first-order valence-electron chi connectivity index (χ1n) is 9.24. The molecule has 0 saturated heterocycles. The van der Waals surface area contributed by atoms with Gasteiger partial charge in [-0.25, -0.2) is 0 Å². The third-order valence-corrected chi connectivity index (χ3v) is 5.41. The number of ketones is 2. The molecule has 0 heterocycles. The van der Waals surface area contributed by atoms with Crippen LogP contribution in [0.3, 0.4) is 0 Å². The second kappa shape index (κ2) is 10.4. The lowest BCUT2D eigenvalue weighted by Gasteiger charge is -2.08. The fraction of sp³-hybridized carbons (Fsp3) is 0.0400. The normalized spacial score (nSPS) is 11.2. The Morgan fingerprint density at radius 3 is 1.65 bits per heavy atom. The monoisotopic (exact) mass is 540 g/mol. The predicted molar refractivity (Wildman–Crippen MR) is 130 cm³/mol. The lowest BCUT2D eigenvalue weighted by molar-refractivity contribution is 0.103. The average Bonchev–Trinajstić information content (AvgIpc) is 2.77. The highest BCUT2D eigenvalue weighted by Gasteiger charge is 2.10. The molecule has 0 bridgehead atoms. The van der Waals surface area contributed by atoms with Crippen LogP contribution in [-0.4, -0.2) is 23.8 Å². The van der Waals surface area contributed by atoms with Crippen molar-refractivity contribution >= 4 is 55.6 Å². The number of benzene rings is 3. The number of hydrogen-bond donors (Lipinski definition) is 1. The molecule has 0 aliphatic carbocycles. The zero-order chi connectivity index (χ0) is 22.4. The second-order valence-corrected chi connectivity index (χ2v) is 8.40. The van der Waals surface area contributed by atoms with E-state index in [1.807, 2.05) is 12.1 Å². The zero-order valence-electron chi connectivity index (χ0n) is 16.5. The van der Waals surface area contributed by atoms with E-state index in [0.29, 0.717) is 28.0 Å². The predicted octanol–water partition coefficient (Wildman–Crippen LogP) is 6.72. The van der Waals surface area contributed by atoms with Gasteiger partial charge in [-0.15, -0.1) is 0 Å². The van der Waals surface area contributed by atoms with Gasteiger partial charge in [0.05, 0.1) is 7.11 Å². The summed E-state index contributed by atoms with van der Waals surface area (Å²) in [5.74, 6) is 0.0233. The van der Waals surface area contributed by atoms with E-state index in [9.17, 15) is 14.7 Å². The quantitative estimate of drug-likeness (QED) is 0.266. The molecule has 0 aromatic heterocycles. The Hall–Kier alpha value is -2.96. The van der Waals surface area contributed by atoms with Crippen LogP contribution < -0.4 is 4.74 Å². The van der Waals surface area contributed by atoms with Crippen molar-refractivity contribution in [1.82, 2.24) is 0 Å². The van der Waals surface area contributed by atoms with E-state index in [-0.39, 0.29) is 17.3 Å². The number of aromatic hydroxyl groups is 1. The standard InChI is InChI=1S/C25H18Br2O4/c1-31-22-14-18(8-10-23(28)16-4-2-6-20(26)12-16)25(30)19(15-22)9-11-24(29)17-5-3-7-21(27)13-17/h2-15,30H,1H3/b10-8+,11-9+. The molecule has 1 N–H and O–H groups in total. The number of rotatable bonds is 7. The Morgan fingerprint density at radius 2 is 1.26 bits per heavy atom. The molecule has 0 fully saturated rings. The largest absolute Gasteiger partial charge is 0.507 e. The van der Waals surface area contributed by atoms with Crippen molar-refractivity contribution in [2.75, 3.05) is 7.11 Å². The molecule has 31 heavy (non-hydrogen) atoms. The van der Waals surface area contributed by atoms with Crippen molar-refractivity contribution in [1.29, 1.82) is 0 Å². The molecule has 0 saturated carbocycles. The molecular weight excluding hydrogens is 524 g/mol. The van der Waals surface area contributed by atoms with Gasteiger partial charge in [0.15, 0.2) is 11.6 Å². The fourth-order valence-corrected chi connectivity index (χ4v) is 3.63.